The van der Waals surface area contributed by atoms with E-state index in [4.69, 9.17) is 5.10 Å². The molecule has 2 heterocycles. The number of piperazine rings is 1. The fourth-order valence-corrected chi connectivity index (χ4v) is 4.62. The van der Waals surface area contributed by atoms with Crippen LogP contribution in [0.2, 0.25) is 0 Å². The Labute approximate surface area is 186 Å². The summed E-state index contributed by atoms with van der Waals surface area (Å²) in [5.41, 5.74) is 6.99. The number of amides is 1. The number of hydrogen-bond donors (Lipinski definition) is 0. The Morgan fingerprint density at radius 3 is 2.23 bits per heavy atom. The van der Waals surface area contributed by atoms with E-state index < -0.39 is 0 Å². The van der Waals surface area contributed by atoms with Gasteiger partial charge in [-0.1, -0.05) is 60.5 Å². The maximum Gasteiger partial charge on any atom is 0.257 e. The second-order valence-electron chi connectivity index (χ2n) is 8.94. The first-order valence-corrected chi connectivity index (χ1v) is 11.4. The summed E-state index contributed by atoms with van der Waals surface area (Å²) in [6, 6.07) is 14.9. The number of nitrogens with zero attached hydrogens (tertiary/aromatic N) is 4. The van der Waals surface area contributed by atoms with Gasteiger partial charge in [-0.3, -0.25) is 9.69 Å². The molecule has 0 unspecified atom stereocenters. The maximum absolute atomic E-state index is 13.4. The van der Waals surface area contributed by atoms with Crippen molar-refractivity contribution in [2.75, 3.05) is 39.3 Å². The van der Waals surface area contributed by atoms with Crippen molar-refractivity contribution in [1.82, 2.24) is 14.8 Å². The third-order valence-corrected chi connectivity index (χ3v) is 6.59. The zero-order chi connectivity index (χ0) is 22.0. The van der Waals surface area contributed by atoms with E-state index in [1.807, 2.05) is 0 Å². The Hall–Kier alpha value is -2.50. The van der Waals surface area contributed by atoms with E-state index in [-0.39, 0.29) is 11.9 Å². The summed E-state index contributed by atoms with van der Waals surface area (Å²) in [4.78, 5) is 18.1. The average molecular weight is 419 g/mol. The molecule has 1 atom stereocenters. The summed E-state index contributed by atoms with van der Waals surface area (Å²) in [6.07, 6.45) is 0.752. The molecule has 164 valence electrons. The third-order valence-electron chi connectivity index (χ3n) is 6.59. The summed E-state index contributed by atoms with van der Waals surface area (Å²) in [5, 5.41) is 6.64. The van der Waals surface area contributed by atoms with Gasteiger partial charge >= 0.3 is 0 Å². The van der Waals surface area contributed by atoms with Crippen LogP contribution in [-0.4, -0.2) is 65.7 Å². The fraction of sp³-hybridized carbons (Fsp3) is 0.462. The second-order valence-corrected chi connectivity index (χ2v) is 8.94. The highest BCUT2D eigenvalue weighted by atomic mass is 16.2. The maximum atomic E-state index is 13.4. The molecular formula is C26H34N4O. The van der Waals surface area contributed by atoms with Crippen molar-refractivity contribution in [2.45, 2.75) is 40.2 Å². The molecule has 0 bridgehead atoms. The van der Waals surface area contributed by atoms with E-state index in [0.29, 0.717) is 6.54 Å². The quantitative estimate of drug-likeness (QED) is 0.739. The molecule has 2 aromatic carbocycles. The van der Waals surface area contributed by atoms with Crippen LogP contribution in [0.25, 0.3) is 0 Å². The minimum absolute atomic E-state index is 0.0410. The van der Waals surface area contributed by atoms with Crippen LogP contribution < -0.4 is 0 Å². The molecule has 0 radical (unpaired) electrons. The summed E-state index contributed by atoms with van der Waals surface area (Å²) >= 11 is 0. The van der Waals surface area contributed by atoms with Crippen LogP contribution in [0.1, 0.15) is 47.2 Å². The van der Waals surface area contributed by atoms with E-state index in [0.717, 1.165) is 56.0 Å². The van der Waals surface area contributed by atoms with Gasteiger partial charge in [0.2, 0.25) is 0 Å². The predicted octanol–water partition coefficient (Wildman–Crippen LogP) is 3.93. The van der Waals surface area contributed by atoms with Crippen molar-refractivity contribution in [3.63, 3.8) is 0 Å². The minimum Gasteiger partial charge on any atom is -0.301 e. The Kier molecular flexibility index (Phi) is 6.54. The van der Waals surface area contributed by atoms with Gasteiger partial charge in [0.25, 0.3) is 5.91 Å². The molecule has 0 spiro atoms. The molecule has 5 heteroatoms. The number of aryl methyl sites for hydroxylation is 3. The van der Waals surface area contributed by atoms with Crippen molar-refractivity contribution in [3.05, 3.63) is 70.3 Å². The number of hydrazone groups is 1. The van der Waals surface area contributed by atoms with Crippen molar-refractivity contribution in [3.8, 4) is 0 Å². The minimum atomic E-state index is -0.0410. The summed E-state index contributed by atoms with van der Waals surface area (Å²) in [5.74, 6) is 0.0929. The standard InChI is InChI=1S/C26H34N4O/c1-5-28-12-14-29(15-13-28)18-26(31)30-25(22-9-6-19(2)7-10-22)17-24(27-30)23-11-8-20(3)16-21(23)4/h6-11,16,25H,5,12-15,17-18H2,1-4H3/t25-/m1/s1. The van der Waals surface area contributed by atoms with E-state index in [1.165, 1.54) is 16.7 Å². The highest BCUT2D eigenvalue weighted by Crippen LogP contribution is 2.34. The fourth-order valence-electron chi connectivity index (χ4n) is 4.62. The van der Waals surface area contributed by atoms with Gasteiger partial charge in [0.05, 0.1) is 18.3 Å². The van der Waals surface area contributed by atoms with Gasteiger partial charge in [0.15, 0.2) is 0 Å². The lowest BCUT2D eigenvalue weighted by molar-refractivity contribution is -0.134. The molecule has 0 N–H and O–H groups in total. The molecule has 2 aliphatic heterocycles. The largest absolute Gasteiger partial charge is 0.301 e. The molecule has 5 nitrogen and oxygen atoms in total. The SMILES string of the molecule is CCN1CCN(CC(=O)N2N=C(c3ccc(C)cc3C)C[C@@H]2c2ccc(C)cc2)CC1. The number of carbonyl (C=O) groups is 1. The van der Waals surface area contributed by atoms with E-state index in [9.17, 15) is 4.79 Å². The zero-order valence-corrected chi connectivity index (χ0v) is 19.3. The highest BCUT2D eigenvalue weighted by molar-refractivity contribution is 6.04. The van der Waals surface area contributed by atoms with Gasteiger partial charge in [-0.25, -0.2) is 5.01 Å². The first-order valence-electron chi connectivity index (χ1n) is 11.4. The molecule has 31 heavy (non-hydrogen) atoms. The van der Waals surface area contributed by atoms with Gasteiger partial charge < -0.3 is 4.90 Å². The summed E-state index contributed by atoms with van der Waals surface area (Å²) in [7, 11) is 0. The van der Waals surface area contributed by atoms with Gasteiger partial charge in [-0.2, -0.15) is 5.10 Å². The third kappa shape index (κ3) is 4.89. The highest BCUT2D eigenvalue weighted by Gasteiger charge is 2.34. The Bertz CT molecular complexity index is 958. The van der Waals surface area contributed by atoms with Crippen LogP contribution in [0, 0.1) is 20.8 Å². The molecule has 1 fully saturated rings. The molecule has 0 saturated carbocycles. The van der Waals surface area contributed by atoms with E-state index >= 15 is 0 Å². The molecule has 1 saturated heterocycles. The molecule has 0 aromatic heterocycles. The van der Waals surface area contributed by atoms with Crippen LogP contribution in [0.4, 0.5) is 0 Å². The molecule has 1 amide bonds. The van der Waals surface area contributed by atoms with E-state index in [2.05, 4.69) is 80.0 Å². The Morgan fingerprint density at radius 2 is 1.58 bits per heavy atom. The van der Waals surface area contributed by atoms with Crippen LogP contribution in [-0.2, 0) is 4.79 Å². The number of hydrogen-bond acceptors (Lipinski definition) is 4. The van der Waals surface area contributed by atoms with Crippen LogP contribution in [0.3, 0.4) is 0 Å². The van der Waals surface area contributed by atoms with Crippen LogP contribution in [0.15, 0.2) is 47.6 Å². The van der Waals surface area contributed by atoms with Crippen LogP contribution in [0.5, 0.6) is 0 Å². The lowest BCUT2D eigenvalue weighted by Gasteiger charge is -2.34. The van der Waals surface area contributed by atoms with Crippen molar-refractivity contribution < 1.29 is 4.79 Å². The summed E-state index contributed by atoms with van der Waals surface area (Å²) in [6.45, 7) is 14.0. The molecule has 4 rings (SSSR count). The van der Waals surface area contributed by atoms with Gasteiger partial charge in [-0.05, 0) is 38.4 Å². The first-order chi connectivity index (χ1) is 14.9. The lowest BCUT2D eigenvalue weighted by Crippen LogP contribution is -2.49. The number of carbonyl (C=O) groups excluding carboxylic acids is 1. The molecule has 2 aliphatic rings. The molecule has 2 aromatic rings. The monoisotopic (exact) mass is 418 g/mol. The number of benzene rings is 2. The first kappa shape index (κ1) is 21.7. The zero-order valence-electron chi connectivity index (χ0n) is 19.3. The lowest BCUT2D eigenvalue weighted by atomic mass is 9.95. The predicted molar refractivity (Wildman–Crippen MR) is 126 cm³/mol. The van der Waals surface area contributed by atoms with Crippen molar-refractivity contribution in [1.29, 1.82) is 0 Å². The number of rotatable bonds is 5. The Morgan fingerprint density at radius 1 is 0.935 bits per heavy atom. The topological polar surface area (TPSA) is 39.1 Å². The van der Waals surface area contributed by atoms with Gasteiger partial charge in [0, 0.05) is 38.2 Å². The average Bonchev–Trinajstić information content (AvgIpc) is 3.20. The van der Waals surface area contributed by atoms with Gasteiger partial charge in [0.1, 0.15) is 0 Å². The summed E-state index contributed by atoms with van der Waals surface area (Å²) < 4.78 is 0. The van der Waals surface area contributed by atoms with E-state index in [1.54, 1.807) is 5.01 Å². The second kappa shape index (κ2) is 9.33. The van der Waals surface area contributed by atoms with Gasteiger partial charge in [-0.15, -0.1) is 0 Å². The normalized spacial score (nSPS) is 20.2. The van der Waals surface area contributed by atoms with Crippen LogP contribution >= 0.6 is 0 Å². The Balaban J connectivity index is 1.57. The molecule has 0 aliphatic carbocycles. The van der Waals surface area contributed by atoms with Crippen molar-refractivity contribution in [2.24, 2.45) is 5.10 Å². The van der Waals surface area contributed by atoms with Crippen molar-refractivity contribution >= 4 is 11.6 Å². The smallest absolute Gasteiger partial charge is 0.257 e. The number of likely N-dealkylation sites (N-methyl/N-ethyl adjacent to an activating group) is 1. The molecular weight excluding hydrogens is 384 g/mol.